The molecule has 2 rings (SSSR count). The van der Waals surface area contributed by atoms with Gasteiger partial charge in [-0.3, -0.25) is 10.2 Å². The van der Waals surface area contributed by atoms with Crippen molar-refractivity contribution in [1.82, 2.24) is 15.2 Å². The van der Waals surface area contributed by atoms with Gasteiger partial charge in [-0.15, -0.1) is 0 Å². The van der Waals surface area contributed by atoms with E-state index in [1.54, 1.807) is 6.07 Å². The molecular weight excluding hydrogens is 309 g/mol. The first-order valence-electron chi connectivity index (χ1n) is 7.50. The van der Waals surface area contributed by atoms with Crippen LogP contribution < -0.4 is 10.6 Å². The van der Waals surface area contributed by atoms with E-state index in [0.717, 1.165) is 11.3 Å². The van der Waals surface area contributed by atoms with Crippen LogP contribution in [-0.4, -0.2) is 48.3 Å². The monoisotopic (exact) mass is 330 g/mol. The predicted molar refractivity (Wildman–Crippen MR) is 81.3 cm³/mol. The number of urea groups is 1. The summed E-state index contributed by atoms with van der Waals surface area (Å²) in [7, 11) is 0. The summed E-state index contributed by atoms with van der Waals surface area (Å²) in [4.78, 5) is 17.4. The average Bonchev–Trinajstić information content (AvgIpc) is 2.80. The van der Waals surface area contributed by atoms with Gasteiger partial charge in [-0.1, -0.05) is 0 Å². The summed E-state index contributed by atoms with van der Waals surface area (Å²) >= 11 is 0. The van der Waals surface area contributed by atoms with Gasteiger partial charge in [0.1, 0.15) is 5.82 Å². The van der Waals surface area contributed by atoms with Gasteiger partial charge < -0.3 is 5.32 Å². The Kier molecular flexibility index (Phi) is 5.46. The maximum absolute atomic E-state index is 12.3. The molecule has 1 aromatic heterocycles. The molecule has 2 N–H and O–H groups in total. The van der Waals surface area contributed by atoms with Crippen LogP contribution >= 0.6 is 0 Å². The third-order valence-corrected chi connectivity index (χ3v) is 3.66. The van der Waals surface area contributed by atoms with Crippen LogP contribution in [0.15, 0.2) is 12.1 Å². The number of hydrogen-bond donors (Lipinski definition) is 2. The van der Waals surface area contributed by atoms with Crippen molar-refractivity contribution in [2.45, 2.75) is 26.4 Å². The number of anilines is 1. The molecule has 0 aromatic carbocycles. The lowest BCUT2D eigenvalue weighted by Gasteiger charge is -2.18. The second-order valence-corrected chi connectivity index (χ2v) is 6.01. The zero-order valence-electron chi connectivity index (χ0n) is 13.2. The van der Waals surface area contributed by atoms with Crippen molar-refractivity contribution in [3.8, 4) is 0 Å². The number of aromatic nitrogens is 1. The molecule has 0 radical (unpaired) electrons. The smallest absolute Gasteiger partial charge is 0.338 e. The molecule has 8 heteroatoms. The number of amides is 2. The van der Waals surface area contributed by atoms with Crippen molar-refractivity contribution in [2.75, 3.05) is 31.5 Å². The van der Waals surface area contributed by atoms with Gasteiger partial charge in [0.2, 0.25) is 0 Å². The van der Waals surface area contributed by atoms with E-state index in [-0.39, 0.29) is 5.92 Å². The molecule has 2 amide bonds. The van der Waals surface area contributed by atoms with Crippen LogP contribution in [-0.2, 0) is 0 Å². The van der Waals surface area contributed by atoms with Crippen molar-refractivity contribution >= 4 is 11.8 Å². The van der Waals surface area contributed by atoms with Crippen molar-refractivity contribution in [1.29, 1.82) is 0 Å². The quantitative estimate of drug-likeness (QED) is 0.892. The molecule has 1 aromatic rings. The van der Waals surface area contributed by atoms with Crippen LogP contribution in [0.1, 0.15) is 17.7 Å². The number of carbonyl (C=O) groups is 1. The van der Waals surface area contributed by atoms with Gasteiger partial charge in [-0.25, -0.2) is 9.78 Å². The molecule has 23 heavy (non-hydrogen) atoms. The molecule has 0 spiro atoms. The number of aryl methyl sites for hydroxylation is 2. The van der Waals surface area contributed by atoms with Gasteiger partial charge >= 0.3 is 12.2 Å². The minimum atomic E-state index is -4.17. The first kappa shape index (κ1) is 17.5. The first-order chi connectivity index (χ1) is 10.7. The molecule has 0 saturated carbocycles. The number of likely N-dealkylation sites (tertiary alicyclic amines) is 1. The van der Waals surface area contributed by atoms with Gasteiger partial charge in [0.25, 0.3) is 0 Å². The second-order valence-electron chi connectivity index (χ2n) is 6.01. The lowest BCUT2D eigenvalue weighted by atomic mass is 10.1. The number of hydrogen-bond acceptors (Lipinski definition) is 3. The number of rotatable bonds is 4. The van der Waals surface area contributed by atoms with Gasteiger partial charge in [0, 0.05) is 18.8 Å². The topological polar surface area (TPSA) is 57.3 Å². The Morgan fingerprint density at radius 2 is 2.13 bits per heavy atom. The molecule has 1 fully saturated rings. The first-order valence-corrected chi connectivity index (χ1v) is 7.50. The molecular formula is C15H21F3N4O. The lowest BCUT2D eigenvalue weighted by Crippen LogP contribution is -2.36. The normalized spacial score (nSPS) is 18.9. The Bertz CT molecular complexity index is 542. The number of pyridine rings is 1. The fraction of sp³-hybridized carbons (Fsp3) is 0.600. The Labute approximate surface area is 133 Å². The van der Waals surface area contributed by atoms with Crippen molar-refractivity contribution in [3.63, 3.8) is 0 Å². The highest BCUT2D eigenvalue weighted by Crippen LogP contribution is 2.22. The maximum atomic E-state index is 12.3. The molecule has 0 aliphatic carbocycles. The summed E-state index contributed by atoms with van der Waals surface area (Å²) in [5.74, 6) is 0.500. The summed E-state index contributed by atoms with van der Waals surface area (Å²) in [5.41, 5.74) is 1.80. The second kappa shape index (κ2) is 7.16. The summed E-state index contributed by atoms with van der Waals surface area (Å²) in [6.45, 7) is 3.97. The Balaban J connectivity index is 1.75. The number of alkyl halides is 3. The van der Waals surface area contributed by atoms with E-state index in [1.165, 1.54) is 4.90 Å². The Morgan fingerprint density at radius 1 is 1.39 bits per heavy atom. The van der Waals surface area contributed by atoms with Crippen LogP contribution in [0.4, 0.5) is 23.8 Å². The van der Waals surface area contributed by atoms with E-state index < -0.39 is 18.8 Å². The predicted octanol–water partition coefficient (Wildman–Crippen LogP) is 2.70. The fourth-order valence-corrected chi connectivity index (χ4v) is 2.78. The van der Waals surface area contributed by atoms with Crippen LogP contribution in [0.5, 0.6) is 0 Å². The minimum absolute atomic E-state index is 0.0373. The molecule has 2 heterocycles. The SMILES string of the molecule is Cc1cc(C)nc(NC(=O)NCC2CCN(CC(F)(F)F)C2)c1. The molecule has 1 saturated heterocycles. The molecule has 128 valence electrons. The third kappa shape index (κ3) is 6.05. The van der Waals surface area contributed by atoms with Gasteiger partial charge in [0.05, 0.1) is 6.54 Å². The van der Waals surface area contributed by atoms with Crippen LogP contribution in [0.25, 0.3) is 0 Å². The van der Waals surface area contributed by atoms with Gasteiger partial charge in [0.15, 0.2) is 0 Å². The van der Waals surface area contributed by atoms with Crippen LogP contribution in [0, 0.1) is 19.8 Å². The highest BCUT2D eigenvalue weighted by Gasteiger charge is 2.34. The third-order valence-electron chi connectivity index (χ3n) is 3.66. The highest BCUT2D eigenvalue weighted by atomic mass is 19.4. The number of carbonyl (C=O) groups excluding carboxylic acids is 1. The summed E-state index contributed by atoms with van der Waals surface area (Å²) in [6.07, 6.45) is -3.52. The zero-order valence-corrected chi connectivity index (χ0v) is 13.2. The van der Waals surface area contributed by atoms with Gasteiger partial charge in [-0.2, -0.15) is 13.2 Å². The molecule has 5 nitrogen and oxygen atoms in total. The van der Waals surface area contributed by atoms with E-state index in [9.17, 15) is 18.0 Å². The fourth-order valence-electron chi connectivity index (χ4n) is 2.78. The summed E-state index contributed by atoms with van der Waals surface area (Å²) in [6, 6.07) is 3.26. The molecule has 1 unspecified atom stereocenters. The van der Waals surface area contributed by atoms with E-state index in [1.807, 2.05) is 19.9 Å². The average molecular weight is 330 g/mol. The van der Waals surface area contributed by atoms with E-state index in [2.05, 4.69) is 15.6 Å². The van der Waals surface area contributed by atoms with Crippen molar-refractivity contribution < 1.29 is 18.0 Å². The van der Waals surface area contributed by atoms with Crippen molar-refractivity contribution in [3.05, 3.63) is 23.4 Å². The van der Waals surface area contributed by atoms with Crippen molar-refractivity contribution in [2.24, 2.45) is 5.92 Å². The molecule has 1 aliphatic rings. The number of nitrogens with one attached hydrogen (secondary N) is 2. The van der Waals surface area contributed by atoms with E-state index >= 15 is 0 Å². The van der Waals surface area contributed by atoms with Crippen LogP contribution in [0.2, 0.25) is 0 Å². The van der Waals surface area contributed by atoms with Gasteiger partial charge in [-0.05, 0) is 50.4 Å². The molecule has 0 bridgehead atoms. The van der Waals surface area contributed by atoms with E-state index in [4.69, 9.17) is 0 Å². The Hall–Kier alpha value is -1.83. The highest BCUT2D eigenvalue weighted by molar-refractivity contribution is 5.88. The molecule has 1 aliphatic heterocycles. The van der Waals surface area contributed by atoms with E-state index in [0.29, 0.717) is 31.9 Å². The zero-order chi connectivity index (χ0) is 17.0. The minimum Gasteiger partial charge on any atom is -0.338 e. The van der Waals surface area contributed by atoms with Crippen LogP contribution in [0.3, 0.4) is 0 Å². The lowest BCUT2D eigenvalue weighted by molar-refractivity contribution is -0.143. The summed E-state index contributed by atoms with van der Waals surface area (Å²) in [5, 5.41) is 5.34. The summed E-state index contributed by atoms with van der Waals surface area (Å²) < 4.78 is 37.0. The number of nitrogens with zero attached hydrogens (tertiary/aromatic N) is 2. The number of halogens is 3. The standard InChI is InChI=1S/C15H21F3N4O/c1-10-5-11(2)20-13(6-10)21-14(23)19-7-12-3-4-22(8-12)9-15(16,17)18/h5-6,12H,3-4,7-9H2,1-2H3,(H2,19,20,21,23). The Morgan fingerprint density at radius 3 is 2.78 bits per heavy atom. The maximum Gasteiger partial charge on any atom is 0.401 e. The molecule has 1 atom stereocenters. The largest absolute Gasteiger partial charge is 0.401 e.